The molecule has 0 unspecified atom stereocenters. The molecule has 0 radical (unpaired) electrons. The smallest absolute Gasteiger partial charge is 0.238 e. The van der Waals surface area contributed by atoms with Crippen molar-refractivity contribution in [3.63, 3.8) is 0 Å². The minimum Gasteiger partial charge on any atom is -0.292 e. The lowest BCUT2D eigenvalue weighted by molar-refractivity contribution is -0.122. The van der Waals surface area contributed by atoms with Gasteiger partial charge < -0.3 is 0 Å². The summed E-state index contributed by atoms with van der Waals surface area (Å²) >= 11 is 0. The summed E-state index contributed by atoms with van der Waals surface area (Å²) in [5.74, 6) is 1.36. The van der Waals surface area contributed by atoms with Crippen LogP contribution >= 0.6 is 0 Å². The molecule has 0 aliphatic carbocycles. The van der Waals surface area contributed by atoms with Gasteiger partial charge in [0.05, 0.1) is 11.1 Å². The van der Waals surface area contributed by atoms with E-state index in [9.17, 15) is 4.79 Å². The highest BCUT2D eigenvalue weighted by atomic mass is 16.2. The van der Waals surface area contributed by atoms with Gasteiger partial charge in [0, 0.05) is 23.7 Å². The lowest BCUT2D eigenvalue weighted by Gasteiger charge is -2.20. The van der Waals surface area contributed by atoms with Gasteiger partial charge in [-0.05, 0) is 57.2 Å². The Bertz CT molecular complexity index is 900. The number of nitrogens with zero attached hydrogens (tertiary/aromatic N) is 4. The van der Waals surface area contributed by atoms with Crippen LogP contribution in [0.4, 0.5) is 5.69 Å². The molecular formula is C22H29N5O. The van der Waals surface area contributed by atoms with Crippen molar-refractivity contribution < 1.29 is 4.79 Å². The van der Waals surface area contributed by atoms with Crippen LogP contribution in [0.15, 0.2) is 35.7 Å². The largest absolute Gasteiger partial charge is 0.292 e. The third kappa shape index (κ3) is 3.91. The SMILES string of the molecule is C/C(CC(C)C)=N/NCN1C(=O)C(C)(C)c2ccc(-c3cnc(C)nc3)cc21. The molecule has 0 saturated carbocycles. The van der Waals surface area contributed by atoms with Crippen molar-refractivity contribution in [3.05, 3.63) is 42.0 Å². The van der Waals surface area contributed by atoms with Gasteiger partial charge in [-0.25, -0.2) is 9.97 Å². The summed E-state index contributed by atoms with van der Waals surface area (Å²) < 4.78 is 0. The minimum absolute atomic E-state index is 0.0732. The number of aromatic nitrogens is 2. The van der Waals surface area contributed by atoms with E-state index >= 15 is 0 Å². The van der Waals surface area contributed by atoms with E-state index < -0.39 is 5.41 Å². The zero-order chi connectivity index (χ0) is 20.5. The van der Waals surface area contributed by atoms with Crippen molar-refractivity contribution in [1.29, 1.82) is 0 Å². The van der Waals surface area contributed by atoms with E-state index in [0.29, 0.717) is 12.6 Å². The summed E-state index contributed by atoms with van der Waals surface area (Å²) in [6.45, 7) is 12.5. The molecule has 6 nitrogen and oxygen atoms in total. The van der Waals surface area contributed by atoms with Crippen LogP contribution in [0.2, 0.25) is 0 Å². The fraction of sp³-hybridized carbons (Fsp3) is 0.455. The molecule has 1 aromatic heterocycles. The molecule has 1 aliphatic heterocycles. The molecule has 2 aromatic rings. The molecular weight excluding hydrogens is 350 g/mol. The predicted molar refractivity (Wildman–Crippen MR) is 113 cm³/mol. The molecule has 6 heteroatoms. The summed E-state index contributed by atoms with van der Waals surface area (Å²) in [6.07, 6.45) is 4.56. The summed E-state index contributed by atoms with van der Waals surface area (Å²) in [7, 11) is 0. The maximum atomic E-state index is 13.0. The van der Waals surface area contributed by atoms with E-state index in [1.807, 2.05) is 58.3 Å². The number of amides is 1. The van der Waals surface area contributed by atoms with E-state index in [4.69, 9.17) is 0 Å². The Hall–Kier alpha value is -2.76. The van der Waals surface area contributed by atoms with Crippen molar-refractivity contribution in [2.45, 2.75) is 53.4 Å². The Morgan fingerprint density at radius 2 is 1.89 bits per heavy atom. The van der Waals surface area contributed by atoms with Gasteiger partial charge in [0.1, 0.15) is 12.5 Å². The van der Waals surface area contributed by atoms with Crippen LogP contribution in [0.3, 0.4) is 0 Å². The lowest BCUT2D eigenvalue weighted by atomic mass is 9.85. The average molecular weight is 380 g/mol. The molecule has 0 spiro atoms. The number of hydrogen-bond acceptors (Lipinski definition) is 5. The maximum absolute atomic E-state index is 13.0. The first-order chi connectivity index (χ1) is 13.2. The van der Waals surface area contributed by atoms with Crippen LogP contribution in [-0.2, 0) is 10.2 Å². The second-order valence-corrected chi connectivity index (χ2v) is 8.37. The average Bonchev–Trinajstić information content (AvgIpc) is 2.82. The molecule has 1 aromatic carbocycles. The second-order valence-electron chi connectivity index (χ2n) is 8.37. The number of benzene rings is 1. The monoisotopic (exact) mass is 379 g/mol. The molecule has 28 heavy (non-hydrogen) atoms. The fourth-order valence-corrected chi connectivity index (χ4v) is 3.60. The molecule has 0 saturated heterocycles. The number of carbonyl (C=O) groups excluding carboxylic acids is 1. The van der Waals surface area contributed by atoms with Gasteiger partial charge in [-0.3, -0.25) is 15.1 Å². The molecule has 148 valence electrons. The van der Waals surface area contributed by atoms with Gasteiger partial charge in [0.15, 0.2) is 0 Å². The van der Waals surface area contributed by atoms with Crippen molar-refractivity contribution in [2.75, 3.05) is 11.6 Å². The number of nitrogens with one attached hydrogen (secondary N) is 1. The predicted octanol–water partition coefficient (Wildman–Crippen LogP) is 4.05. The number of carbonyl (C=O) groups is 1. The first kappa shape index (κ1) is 20.0. The molecule has 1 amide bonds. The number of fused-ring (bicyclic) bond motifs is 1. The molecule has 1 aliphatic rings. The number of anilines is 1. The van der Waals surface area contributed by atoms with Gasteiger partial charge >= 0.3 is 0 Å². The van der Waals surface area contributed by atoms with E-state index in [0.717, 1.165) is 40.3 Å². The van der Waals surface area contributed by atoms with Crippen molar-refractivity contribution in [1.82, 2.24) is 15.4 Å². The number of hydrazone groups is 1. The van der Waals surface area contributed by atoms with Gasteiger partial charge in [0.2, 0.25) is 5.91 Å². The topological polar surface area (TPSA) is 70.5 Å². The molecule has 0 fully saturated rings. The first-order valence-corrected chi connectivity index (χ1v) is 9.71. The Morgan fingerprint density at radius 1 is 1.21 bits per heavy atom. The van der Waals surface area contributed by atoms with E-state index in [2.05, 4.69) is 34.3 Å². The van der Waals surface area contributed by atoms with Crippen LogP contribution in [0.5, 0.6) is 0 Å². The van der Waals surface area contributed by atoms with Crippen molar-refractivity contribution >= 4 is 17.3 Å². The summed E-state index contributed by atoms with van der Waals surface area (Å²) in [6, 6.07) is 6.11. The molecule has 0 atom stereocenters. The third-order valence-electron chi connectivity index (χ3n) is 5.06. The van der Waals surface area contributed by atoms with Crippen LogP contribution in [0.1, 0.15) is 52.4 Å². The van der Waals surface area contributed by atoms with Crippen molar-refractivity contribution in [2.24, 2.45) is 11.0 Å². The third-order valence-corrected chi connectivity index (χ3v) is 5.06. The molecule has 3 rings (SSSR count). The number of rotatable bonds is 6. The molecule has 0 bridgehead atoms. The highest BCUT2D eigenvalue weighted by Gasteiger charge is 2.43. The molecule has 2 heterocycles. The van der Waals surface area contributed by atoms with Crippen LogP contribution in [0, 0.1) is 12.8 Å². The van der Waals surface area contributed by atoms with Crippen LogP contribution in [0.25, 0.3) is 11.1 Å². The highest BCUT2D eigenvalue weighted by molar-refractivity contribution is 6.08. The standard InChI is InChI=1S/C22H29N5O/c1-14(2)9-15(3)26-25-13-27-20-10-17(18-11-23-16(4)24-12-18)7-8-19(20)22(5,6)21(27)28/h7-8,10-12,14,25H,9,13H2,1-6H3/b26-15-. The molecule has 1 N–H and O–H groups in total. The van der Waals surface area contributed by atoms with Crippen LogP contribution in [-0.4, -0.2) is 28.3 Å². The Morgan fingerprint density at radius 3 is 2.54 bits per heavy atom. The normalized spacial score (nSPS) is 15.9. The summed E-state index contributed by atoms with van der Waals surface area (Å²) in [5.41, 5.74) is 7.42. The fourth-order valence-electron chi connectivity index (χ4n) is 3.60. The maximum Gasteiger partial charge on any atom is 0.238 e. The van der Waals surface area contributed by atoms with Gasteiger partial charge in [-0.2, -0.15) is 5.10 Å². The van der Waals surface area contributed by atoms with Crippen LogP contribution < -0.4 is 10.3 Å². The zero-order valence-corrected chi connectivity index (χ0v) is 17.6. The Labute approximate surface area is 167 Å². The quantitative estimate of drug-likeness (QED) is 0.607. The van der Waals surface area contributed by atoms with Gasteiger partial charge in [-0.15, -0.1) is 0 Å². The Kier molecular flexibility index (Phi) is 5.49. The summed E-state index contributed by atoms with van der Waals surface area (Å²) in [4.78, 5) is 23.4. The number of hydrogen-bond donors (Lipinski definition) is 1. The van der Waals surface area contributed by atoms with E-state index in [-0.39, 0.29) is 5.91 Å². The highest BCUT2D eigenvalue weighted by Crippen LogP contribution is 2.42. The van der Waals surface area contributed by atoms with Gasteiger partial charge in [0.25, 0.3) is 0 Å². The van der Waals surface area contributed by atoms with E-state index in [1.165, 1.54) is 0 Å². The minimum atomic E-state index is -0.560. The lowest BCUT2D eigenvalue weighted by Crippen LogP contribution is -2.40. The van der Waals surface area contributed by atoms with E-state index in [1.54, 1.807) is 4.90 Å². The van der Waals surface area contributed by atoms with Gasteiger partial charge in [-0.1, -0.05) is 26.0 Å². The second kappa shape index (κ2) is 7.70. The summed E-state index contributed by atoms with van der Waals surface area (Å²) in [5, 5.41) is 4.43. The zero-order valence-electron chi connectivity index (χ0n) is 17.6. The first-order valence-electron chi connectivity index (χ1n) is 9.71. The number of aryl methyl sites for hydroxylation is 1. The Balaban J connectivity index is 1.88. The van der Waals surface area contributed by atoms with Crippen molar-refractivity contribution in [3.8, 4) is 11.1 Å².